The van der Waals surface area contributed by atoms with Gasteiger partial charge in [0.2, 0.25) is 5.91 Å². The highest BCUT2D eigenvalue weighted by molar-refractivity contribution is 5.86. The molecule has 1 rings (SSSR count). The van der Waals surface area contributed by atoms with Crippen LogP contribution in [0.1, 0.15) is 11.1 Å². The van der Waals surface area contributed by atoms with Gasteiger partial charge in [0.15, 0.2) is 5.96 Å². The Kier molecular flexibility index (Phi) is 9.35. The lowest BCUT2D eigenvalue weighted by Gasteiger charge is -2.14. The van der Waals surface area contributed by atoms with Crippen molar-refractivity contribution < 1.29 is 22.7 Å². The van der Waals surface area contributed by atoms with Gasteiger partial charge in [0, 0.05) is 20.6 Å². The fourth-order valence-corrected chi connectivity index (χ4v) is 1.93. The topological polar surface area (TPSA) is 66.0 Å². The Morgan fingerprint density at radius 1 is 1.30 bits per heavy atom. The van der Waals surface area contributed by atoms with Gasteiger partial charge >= 0.3 is 6.18 Å². The molecule has 0 aliphatic heterocycles. The number of benzene rings is 1. The molecule has 0 radical (unpaired) electrons. The Labute approximate surface area is 157 Å². The molecule has 6 nitrogen and oxygen atoms in total. The summed E-state index contributed by atoms with van der Waals surface area (Å²) in [6, 6.07) is 6.97. The van der Waals surface area contributed by atoms with E-state index in [1.54, 1.807) is 38.4 Å². The third kappa shape index (κ3) is 10.2. The molecule has 0 aliphatic rings. The molecular formula is C18H25F3N4O2. The Balaban J connectivity index is 2.67. The zero-order chi connectivity index (χ0) is 20.3. The molecule has 9 heteroatoms. The number of carbonyl (C=O) groups excluding carboxylic acids is 1. The zero-order valence-electron chi connectivity index (χ0n) is 15.5. The summed E-state index contributed by atoms with van der Waals surface area (Å²) < 4.78 is 41.1. The second-order valence-electron chi connectivity index (χ2n) is 5.90. The van der Waals surface area contributed by atoms with Crippen molar-refractivity contribution in [2.75, 3.05) is 33.8 Å². The largest absolute Gasteiger partial charge is 0.411 e. The number of hydrogen-bond donors (Lipinski definition) is 2. The number of ether oxygens (including phenoxy) is 1. The first-order valence-corrected chi connectivity index (χ1v) is 8.27. The molecule has 1 aromatic rings. The molecule has 0 unspecified atom stereocenters. The molecule has 0 bridgehead atoms. The third-order valence-electron chi connectivity index (χ3n) is 3.27. The fourth-order valence-electron chi connectivity index (χ4n) is 1.93. The maximum Gasteiger partial charge on any atom is 0.411 e. The molecule has 150 valence electrons. The van der Waals surface area contributed by atoms with E-state index in [0.717, 1.165) is 5.56 Å². The first kappa shape index (κ1) is 22.5. The number of amides is 1. The second-order valence-corrected chi connectivity index (χ2v) is 5.90. The first-order valence-electron chi connectivity index (χ1n) is 8.27. The minimum atomic E-state index is -4.34. The van der Waals surface area contributed by atoms with E-state index in [-0.39, 0.29) is 25.6 Å². The van der Waals surface area contributed by atoms with Crippen molar-refractivity contribution in [2.24, 2.45) is 4.99 Å². The van der Waals surface area contributed by atoms with Gasteiger partial charge in [-0.25, -0.2) is 4.99 Å². The molecule has 0 heterocycles. The van der Waals surface area contributed by atoms with Gasteiger partial charge in [-0.15, -0.1) is 6.58 Å². The van der Waals surface area contributed by atoms with Crippen molar-refractivity contribution in [3.05, 3.63) is 48.0 Å². The molecule has 0 atom stereocenters. The van der Waals surface area contributed by atoms with Crippen LogP contribution in [-0.2, 0) is 22.7 Å². The number of aliphatic imine (C=N–C) groups is 1. The highest BCUT2D eigenvalue weighted by Crippen LogP contribution is 2.16. The highest BCUT2D eigenvalue weighted by Gasteiger charge is 2.27. The van der Waals surface area contributed by atoms with E-state index in [0.29, 0.717) is 18.1 Å². The Morgan fingerprint density at radius 3 is 2.63 bits per heavy atom. The predicted molar refractivity (Wildman–Crippen MR) is 98.2 cm³/mol. The third-order valence-corrected chi connectivity index (χ3v) is 3.27. The lowest BCUT2D eigenvalue weighted by molar-refractivity contribution is -0.176. The molecule has 0 saturated carbocycles. The van der Waals surface area contributed by atoms with E-state index in [4.69, 9.17) is 0 Å². The summed E-state index contributed by atoms with van der Waals surface area (Å²) in [5.74, 6) is 0.329. The second kappa shape index (κ2) is 11.2. The van der Waals surface area contributed by atoms with Crippen LogP contribution in [-0.4, -0.2) is 56.7 Å². The maximum atomic E-state index is 12.1. The molecule has 0 spiro atoms. The van der Waals surface area contributed by atoms with Crippen LogP contribution in [0.4, 0.5) is 13.2 Å². The summed E-state index contributed by atoms with van der Waals surface area (Å²) in [4.78, 5) is 17.5. The van der Waals surface area contributed by atoms with Crippen LogP contribution in [0.25, 0.3) is 0 Å². The van der Waals surface area contributed by atoms with Crippen LogP contribution in [0.3, 0.4) is 0 Å². The van der Waals surface area contributed by atoms with Crippen LogP contribution in [0.5, 0.6) is 0 Å². The molecule has 0 saturated heterocycles. The number of guanidine groups is 1. The lowest BCUT2D eigenvalue weighted by atomic mass is 10.1. The van der Waals surface area contributed by atoms with Crippen molar-refractivity contribution in [1.82, 2.24) is 15.5 Å². The fraction of sp³-hybridized carbons (Fsp3) is 0.444. The first-order chi connectivity index (χ1) is 12.7. The number of alkyl halides is 3. The van der Waals surface area contributed by atoms with Crippen LogP contribution in [0, 0.1) is 0 Å². The SMILES string of the molecule is C=CCNC(=NCc1cccc(COCC(F)(F)F)c1)NCC(=O)N(C)C. The van der Waals surface area contributed by atoms with E-state index in [2.05, 4.69) is 26.9 Å². The van der Waals surface area contributed by atoms with Crippen LogP contribution in [0.2, 0.25) is 0 Å². The zero-order valence-corrected chi connectivity index (χ0v) is 15.5. The van der Waals surface area contributed by atoms with Gasteiger partial charge in [-0.05, 0) is 11.1 Å². The number of likely N-dealkylation sites (N-methyl/N-ethyl adjacent to an activating group) is 1. The Morgan fingerprint density at radius 2 is 2.00 bits per heavy atom. The molecule has 27 heavy (non-hydrogen) atoms. The maximum absolute atomic E-state index is 12.1. The molecule has 0 fully saturated rings. The lowest BCUT2D eigenvalue weighted by Crippen LogP contribution is -2.43. The van der Waals surface area contributed by atoms with Gasteiger partial charge in [-0.3, -0.25) is 4.79 Å². The van der Waals surface area contributed by atoms with Gasteiger partial charge in [0.1, 0.15) is 6.61 Å². The molecular weight excluding hydrogens is 361 g/mol. The molecule has 1 aromatic carbocycles. The molecule has 2 N–H and O–H groups in total. The van der Waals surface area contributed by atoms with E-state index in [1.807, 2.05) is 6.07 Å². The average molecular weight is 386 g/mol. The summed E-state index contributed by atoms with van der Waals surface area (Å²) >= 11 is 0. The molecule has 0 aromatic heterocycles. The quantitative estimate of drug-likeness (QED) is 0.387. The highest BCUT2D eigenvalue weighted by atomic mass is 19.4. The predicted octanol–water partition coefficient (Wildman–Crippen LogP) is 2.07. The summed E-state index contributed by atoms with van der Waals surface area (Å²) in [5, 5.41) is 5.92. The van der Waals surface area contributed by atoms with Crippen molar-refractivity contribution in [1.29, 1.82) is 0 Å². The molecule has 1 amide bonds. The minimum absolute atomic E-state index is 0.0846. The van der Waals surface area contributed by atoms with E-state index < -0.39 is 12.8 Å². The van der Waals surface area contributed by atoms with Gasteiger partial charge in [0.25, 0.3) is 0 Å². The number of halogens is 3. The normalized spacial score (nSPS) is 11.8. The van der Waals surface area contributed by atoms with Gasteiger partial charge < -0.3 is 20.3 Å². The number of nitrogens with zero attached hydrogens (tertiary/aromatic N) is 2. The summed E-state index contributed by atoms with van der Waals surface area (Å²) in [6.07, 6.45) is -2.69. The van der Waals surface area contributed by atoms with Crippen molar-refractivity contribution in [2.45, 2.75) is 19.3 Å². The standard InChI is InChI=1S/C18H25F3N4O2/c1-4-8-22-17(24-11-16(26)25(2)3)23-10-14-6-5-7-15(9-14)12-27-13-18(19,20)21/h4-7,9H,1,8,10-13H2,2-3H3,(H2,22,23,24). The number of carbonyl (C=O) groups is 1. The van der Waals surface area contributed by atoms with Crippen LogP contribution >= 0.6 is 0 Å². The monoisotopic (exact) mass is 386 g/mol. The van der Waals surface area contributed by atoms with Crippen molar-refractivity contribution >= 4 is 11.9 Å². The van der Waals surface area contributed by atoms with Crippen molar-refractivity contribution in [3.63, 3.8) is 0 Å². The Hall–Kier alpha value is -2.55. The smallest absolute Gasteiger partial charge is 0.367 e. The minimum Gasteiger partial charge on any atom is -0.367 e. The van der Waals surface area contributed by atoms with E-state index in [9.17, 15) is 18.0 Å². The van der Waals surface area contributed by atoms with Gasteiger partial charge in [0.05, 0.1) is 19.7 Å². The van der Waals surface area contributed by atoms with Gasteiger partial charge in [-0.1, -0.05) is 30.3 Å². The summed E-state index contributed by atoms with van der Waals surface area (Å²) in [5.41, 5.74) is 1.44. The Bertz CT molecular complexity index is 646. The average Bonchev–Trinajstić information content (AvgIpc) is 2.60. The summed E-state index contributed by atoms with van der Waals surface area (Å²) in [6.45, 7) is 3.04. The number of nitrogens with one attached hydrogen (secondary N) is 2. The van der Waals surface area contributed by atoms with Crippen molar-refractivity contribution in [3.8, 4) is 0 Å². The molecule has 0 aliphatic carbocycles. The van der Waals surface area contributed by atoms with Gasteiger partial charge in [-0.2, -0.15) is 13.2 Å². The summed E-state index contributed by atoms with van der Waals surface area (Å²) in [7, 11) is 3.31. The van der Waals surface area contributed by atoms with Crippen LogP contribution < -0.4 is 10.6 Å². The van der Waals surface area contributed by atoms with E-state index >= 15 is 0 Å². The number of hydrogen-bond acceptors (Lipinski definition) is 3. The van der Waals surface area contributed by atoms with E-state index in [1.165, 1.54) is 4.90 Å². The van der Waals surface area contributed by atoms with Crippen LogP contribution in [0.15, 0.2) is 41.9 Å². The number of rotatable bonds is 9.